The van der Waals surface area contributed by atoms with Gasteiger partial charge in [0.25, 0.3) is 5.91 Å². The molecule has 0 aliphatic heterocycles. The largest absolute Gasteiger partial charge is 0.289 e. The highest BCUT2D eigenvalue weighted by atomic mass is 32.1. The van der Waals surface area contributed by atoms with Gasteiger partial charge in [-0.15, -0.1) is 11.3 Å². The average molecular weight is 226 g/mol. The molecule has 3 nitrogen and oxygen atoms in total. The molecule has 0 radical (unpaired) electrons. The predicted molar refractivity (Wildman–Crippen MR) is 64.0 cm³/mol. The standard InChI is InChI=1S/C11H18N2OS/c1-6(2)5-9-7(3)10(11(14)13-12)15-8(9)4/h6H,5,12H2,1-4H3,(H,13,14). The van der Waals surface area contributed by atoms with Crippen LogP contribution in [0, 0.1) is 19.8 Å². The molecule has 1 amide bonds. The minimum atomic E-state index is -0.185. The van der Waals surface area contributed by atoms with Gasteiger partial charge in [-0.05, 0) is 37.3 Å². The van der Waals surface area contributed by atoms with Gasteiger partial charge in [0.15, 0.2) is 0 Å². The summed E-state index contributed by atoms with van der Waals surface area (Å²) in [6.45, 7) is 8.41. The molecule has 0 saturated heterocycles. The summed E-state index contributed by atoms with van der Waals surface area (Å²) in [6.07, 6.45) is 1.02. The van der Waals surface area contributed by atoms with Crippen molar-refractivity contribution in [1.82, 2.24) is 5.43 Å². The molecule has 0 saturated carbocycles. The first kappa shape index (κ1) is 12.2. The highest BCUT2D eigenvalue weighted by molar-refractivity contribution is 7.14. The summed E-state index contributed by atoms with van der Waals surface area (Å²) < 4.78 is 0. The van der Waals surface area contributed by atoms with Crippen molar-refractivity contribution in [2.24, 2.45) is 11.8 Å². The Kier molecular flexibility index (Phi) is 3.88. The topological polar surface area (TPSA) is 55.1 Å². The van der Waals surface area contributed by atoms with E-state index < -0.39 is 0 Å². The Labute approximate surface area is 94.6 Å². The fraction of sp³-hybridized carbons (Fsp3) is 0.545. The van der Waals surface area contributed by atoms with E-state index in [9.17, 15) is 4.79 Å². The summed E-state index contributed by atoms with van der Waals surface area (Å²) in [7, 11) is 0. The van der Waals surface area contributed by atoms with Crippen molar-refractivity contribution >= 4 is 17.2 Å². The average Bonchev–Trinajstić information content (AvgIpc) is 2.44. The van der Waals surface area contributed by atoms with E-state index >= 15 is 0 Å². The summed E-state index contributed by atoms with van der Waals surface area (Å²) >= 11 is 1.52. The van der Waals surface area contributed by atoms with Crippen LogP contribution < -0.4 is 11.3 Å². The van der Waals surface area contributed by atoms with Crippen LogP contribution in [0.25, 0.3) is 0 Å². The van der Waals surface area contributed by atoms with E-state index in [1.807, 2.05) is 6.92 Å². The molecule has 1 aromatic rings. The van der Waals surface area contributed by atoms with Crippen molar-refractivity contribution in [3.8, 4) is 0 Å². The molecule has 0 bridgehead atoms. The van der Waals surface area contributed by atoms with Crippen LogP contribution in [0.15, 0.2) is 0 Å². The van der Waals surface area contributed by atoms with Crippen molar-refractivity contribution in [2.45, 2.75) is 34.1 Å². The summed E-state index contributed by atoms with van der Waals surface area (Å²) in [5, 5.41) is 0. The summed E-state index contributed by atoms with van der Waals surface area (Å²) in [4.78, 5) is 13.4. The molecule has 84 valence electrons. The number of rotatable bonds is 3. The third-order valence-electron chi connectivity index (χ3n) is 2.42. The monoisotopic (exact) mass is 226 g/mol. The van der Waals surface area contributed by atoms with Gasteiger partial charge in [-0.1, -0.05) is 13.8 Å². The van der Waals surface area contributed by atoms with E-state index in [0.717, 1.165) is 16.9 Å². The minimum Gasteiger partial charge on any atom is -0.289 e. The lowest BCUT2D eigenvalue weighted by molar-refractivity contribution is 0.0957. The third kappa shape index (κ3) is 2.58. The second kappa shape index (κ2) is 4.77. The molecule has 1 aromatic heterocycles. The van der Waals surface area contributed by atoms with Gasteiger partial charge in [0.1, 0.15) is 0 Å². The molecule has 0 aliphatic rings. The van der Waals surface area contributed by atoms with E-state index in [-0.39, 0.29) is 5.91 Å². The van der Waals surface area contributed by atoms with Gasteiger partial charge in [0.2, 0.25) is 0 Å². The van der Waals surface area contributed by atoms with Crippen LogP contribution in [0.2, 0.25) is 0 Å². The van der Waals surface area contributed by atoms with E-state index in [1.54, 1.807) is 0 Å². The van der Waals surface area contributed by atoms with Crippen molar-refractivity contribution in [2.75, 3.05) is 0 Å². The molecular formula is C11H18N2OS. The van der Waals surface area contributed by atoms with Gasteiger partial charge < -0.3 is 0 Å². The van der Waals surface area contributed by atoms with E-state index in [4.69, 9.17) is 5.84 Å². The molecule has 0 aliphatic carbocycles. The van der Waals surface area contributed by atoms with Gasteiger partial charge in [-0.3, -0.25) is 10.2 Å². The van der Waals surface area contributed by atoms with E-state index in [2.05, 4.69) is 26.2 Å². The Morgan fingerprint density at radius 2 is 2.07 bits per heavy atom. The molecule has 3 N–H and O–H groups in total. The maximum absolute atomic E-state index is 11.5. The van der Waals surface area contributed by atoms with Gasteiger partial charge in [-0.2, -0.15) is 0 Å². The molecule has 1 rings (SSSR count). The summed E-state index contributed by atoms with van der Waals surface area (Å²) in [5.74, 6) is 5.56. The summed E-state index contributed by atoms with van der Waals surface area (Å²) in [6, 6.07) is 0. The predicted octanol–water partition coefficient (Wildman–Crippen LogP) is 2.17. The minimum absolute atomic E-state index is 0.185. The number of hydrogen-bond donors (Lipinski definition) is 2. The number of hydrazine groups is 1. The number of nitrogens with one attached hydrogen (secondary N) is 1. The fourth-order valence-corrected chi connectivity index (χ4v) is 2.77. The Bertz CT molecular complexity index is 369. The molecule has 0 spiro atoms. The van der Waals surface area contributed by atoms with Crippen LogP contribution in [0.4, 0.5) is 0 Å². The van der Waals surface area contributed by atoms with E-state index in [1.165, 1.54) is 21.8 Å². The Hall–Kier alpha value is -0.870. The number of hydrogen-bond acceptors (Lipinski definition) is 3. The number of thiophene rings is 1. The number of aryl methyl sites for hydroxylation is 1. The number of carbonyl (C=O) groups is 1. The fourth-order valence-electron chi connectivity index (χ4n) is 1.68. The molecular weight excluding hydrogens is 208 g/mol. The molecule has 1 heterocycles. The van der Waals surface area contributed by atoms with Crippen LogP contribution in [0.1, 0.15) is 39.5 Å². The molecule has 0 fully saturated rings. The van der Waals surface area contributed by atoms with Crippen molar-refractivity contribution in [3.05, 3.63) is 20.9 Å². The first-order valence-electron chi connectivity index (χ1n) is 5.07. The van der Waals surface area contributed by atoms with Crippen LogP contribution in [0.5, 0.6) is 0 Å². The molecule has 15 heavy (non-hydrogen) atoms. The normalized spacial score (nSPS) is 10.8. The second-order valence-electron chi connectivity index (χ2n) is 4.16. The Morgan fingerprint density at radius 3 is 2.53 bits per heavy atom. The van der Waals surface area contributed by atoms with Crippen LogP contribution >= 0.6 is 11.3 Å². The SMILES string of the molecule is Cc1sc(C(=O)NN)c(C)c1CC(C)C. The first-order chi connectivity index (χ1) is 6.97. The van der Waals surface area contributed by atoms with E-state index in [0.29, 0.717) is 5.92 Å². The maximum Gasteiger partial charge on any atom is 0.275 e. The zero-order chi connectivity index (χ0) is 11.6. The Balaban J connectivity index is 3.08. The second-order valence-corrected chi connectivity index (χ2v) is 5.39. The number of nitrogens with two attached hydrogens (primary N) is 1. The maximum atomic E-state index is 11.5. The van der Waals surface area contributed by atoms with Crippen molar-refractivity contribution in [3.63, 3.8) is 0 Å². The highest BCUT2D eigenvalue weighted by Gasteiger charge is 2.17. The molecule has 0 unspecified atom stereocenters. The highest BCUT2D eigenvalue weighted by Crippen LogP contribution is 2.29. The number of nitrogen functional groups attached to an aromatic ring is 1. The first-order valence-corrected chi connectivity index (χ1v) is 5.88. The molecule has 0 aromatic carbocycles. The Morgan fingerprint density at radius 1 is 1.47 bits per heavy atom. The quantitative estimate of drug-likeness (QED) is 0.471. The third-order valence-corrected chi connectivity index (χ3v) is 3.67. The van der Waals surface area contributed by atoms with Gasteiger partial charge in [0.05, 0.1) is 4.88 Å². The molecule has 4 heteroatoms. The van der Waals surface area contributed by atoms with Gasteiger partial charge in [0, 0.05) is 4.88 Å². The van der Waals surface area contributed by atoms with Crippen LogP contribution in [0.3, 0.4) is 0 Å². The lowest BCUT2D eigenvalue weighted by Crippen LogP contribution is -2.29. The lowest BCUT2D eigenvalue weighted by atomic mass is 9.99. The zero-order valence-electron chi connectivity index (χ0n) is 9.68. The van der Waals surface area contributed by atoms with Crippen molar-refractivity contribution in [1.29, 1.82) is 0 Å². The zero-order valence-corrected chi connectivity index (χ0v) is 10.5. The molecule has 0 atom stereocenters. The van der Waals surface area contributed by atoms with Crippen molar-refractivity contribution < 1.29 is 4.79 Å². The summed E-state index contributed by atoms with van der Waals surface area (Å²) in [5.41, 5.74) is 4.56. The van der Waals surface area contributed by atoms with Crippen LogP contribution in [-0.2, 0) is 6.42 Å². The van der Waals surface area contributed by atoms with Crippen LogP contribution in [-0.4, -0.2) is 5.91 Å². The smallest absolute Gasteiger partial charge is 0.275 e. The van der Waals surface area contributed by atoms with Gasteiger partial charge in [-0.25, -0.2) is 5.84 Å². The lowest BCUT2D eigenvalue weighted by Gasteiger charge is -2.06. The number of carbonyl (C=O) groups excluding carboxylic acids is 1. The number of amides is 1. The van der Waals surface area contributed by atoms with Gasteiger partial charge >= 0.3 is 0 Å².